The molecule has 2 aromatic carbocycles. The molecule has 1 aliphatic carbocycles. The third-order valence-electron chi connectivity index (χ3n) is 6.36. The first-order valence-corrected chi connectivity index (χ1v) is 10.4. The van der Waals surface area contributed by atoms with E-state index in [1.165, 1.54) is 7.11 Å². The number of Topliss-reactive ketones (excluding diaryl/α,β-unsaturated/α-hetero) is 1. The van der Waals surface area contributed by atoms with E-state index in [1.807, 2.05) is 54.7 Å². The number of rotatable bonds is 8. The summed E-state index contributed by atoms with van der Waals surface area (Å²) < 4.78 is 4.99. The van der Waals surface area contributed by atoms with Crippen LogP contribution in [0, 0.1) is 11.3 Å². The number of carbonyl (C=O) groups is 3. The highest BCUT2D eigenvalue weighted by Gasteiger charge is 2.46. The molecule has 1 aliphatic rings. The Hall–Kier alpha value is -3.41. The van der Waals surface area contributed by atoms with Gasteiger partial charge >= 0.3 is 11.9 Å². The normalized spacial score (nSPS) is 15.4. The quantitative estimate of drug-likeness (QED) is 0.543. The van der Waals surface area contributed by atoms with Crippen LogP contribution in [-0.4, -0.2) is 34.9 Å². The Kier molecular flexibility index (Phi) is 5.63. The van der Waals surface area contributed by atoms with Crippen LogP contribution >= 0.6 is 0 Å². The van der Waals surface area contributed by atoms with E-state index in [2.05, 4.69) is 4.98 Å². The number of nitrogens with one attached hydrogen (secondary N) is 1. The predicted molar refractivity (Wildman–Crippen MR) is 116 cm³/mol. The van der Waals surface area contributed by atoms with Gasteiger partial charge in [0, 0.05) is 28.9 Å². The first-order valence-electron chi connectivity index (χ1n) is 10.4. The molecular weight excluding hydrogens is 394 g/mol. The molecule has 0 aliphatic heterocycles. The molecule has 1 atom stereocenters. The largest absolute Gasteiger partial charge is 0.481 e. The van der Waals surface area contributed by atoms with Crippen molar-refractivity contribution in [3.05, 3.63) is 71.4 Å². The number of aliphatic carboxylic acids is 1. The molecule has 0 unspecified atom stereocenters. The molecule has 4 rings (SSSR count). The summed E-state index contributed by atoms with van der Waals surface area (Å²) in [6.45, 7) is 0. The lowest BCUT2D eigenvalue weighted by Crippen LogP contribution is -2.37. The lowest BCUT2D eigenvalue weighted by molar-refractivity contribution is -0.149. The Morgan fingerprint density at radius 2 is 1.71 bits per heavy atom. The van der Waals surface area contributed by atoms with Crippen LogP contribution in [0.15, 0.2) is 54.7 Å². The van der Waals surface area contributed by atoms with E-state index >= 15 is 0 Å². The number of fused-ring (bicyclic) bond motifs is 2. The zero-order chi connectivity index (χ0) is 22.0. The number of benzene rings is 2. The summed E-state index contributed by atoms with van der Waals surface area (Å²) in [6.07, 6.45) is 2.67. The maximum atomic E-state index is 13.5. The van der Waals surface area contributed by atoms with Gasteiger partial charge in [0.05, 0.1) is 19.4 Å². The fourth-order valence-corrected chi connectivity index (χ4v) is 4.82. The number of H-pyrrole nitrogens is 1. The van der Waals surface area contributed by atoms with Gasteiger partial charge in [0.1, 0.15) is 5.78 Å². The van der Waals surface area contributed by atoms with Crippen molar-refractivity contribution in [3.63, 3.8) is 0 Å². The zero-order valence-electron chi connectivity index (χ0n) is 17.4. The molecule has 0 fully saturated rings. The molecule has 6 heteroatoms. The summed E-state index contributed by atoms with van der Waals surface area (Å²) in [6, 6.07) is 15.5. The molecule has 2 N–H and O–H groups in total. The number of aromatic amines is 1. The number of esters is 1. The average Bonchev–Trinajstić information content (AvgIpc) is 3.33. The van der Waals surface area contributed by atoms with Gasteiger partial charge in [0.2, 0.25) is 0 Å². The number of hydrogen-bond donors (Lipinski definition) is 2. The number of methoxy groups -OCH3 is 1. The summed E-state index contributed by atoms with van der Waals surface area (Å²) in [5.41, 5.74) is 2.87. The summed E-state index contributed by atoms with van der Waals surface area (Å²) >= 11 is 0. The second kappa shape index (κ2) is 8.38. The molecule has 0 saturated heterocycles. The molecule has 31 heavy (non-hydrogen) atoms. The fraction of sp³-hybridized carbons (Fsp3) is 0.320. The molecule has 0 amide bonds. The van der Waals surface area contributed by atoms with Crippen molar-refractivity contribution >= 4 is 28.6 Å². The van der Waals surface area contributed by atoms with Crippen molar-refractivity contribution in [1.29, 1.82) is 0 Å². The molecule has 0 saturated carbocycles. The van der Waals surface area contributed by atoms with E-state index in [0.29, 0.717) is 19.3 Å². The van der Waals surface area contributed by atoms with Crippen molar-refractivity contribution < 1.29 is 24.2 Å². The highest BCUT2D eigenvalue weighted by Crippen LogP contribution is 2.42. The minimum absolute atomic E-state index is 0.0482. The first kappa shape index (κ1) is 20.8. The Balaban J connectivity index is 1.60. The lowest BCUT2D eigenvalue weighted by atomic mass is 9.74. The highest BCUT2D eigenvalue weighted by atomic mass is 16.5. The second-order valence-electron chi connectivity index (χ2n) is 8.38. The van der Waals surface area contributed by atoms with Crippen LogP contribution in [0.2, 0.25) is 0 Å². The van der Waals surface area contributed by atoms with Crippen LogP contribution in [0.1, 0.15) is 29.5 Å². The summed E-state index contributed by atoms with van der Waals surface area (Å²) in [4.78, 5) is 40.9. The van der Waals surface area contributed by atoms with E-state index in [4.69, 9.17) is 4.74 Å². The molecule has 1 heterocycles. The third kappa shape index (κ3) is 4.10. The Labute approximate surface area is 180 Å². The van der Waals surface area contributed by atoms with E-state index in [1.54, 1.807) is 0 Å². The van der Waals surface area contributed by atoms with Crippen molar-refractivity contribution in [1.82, 2.24) is 4.98 Å². The van der Waals surface area contributed by atoms with Gasteiger partial charge in [0.15, 0.2) is 0 Å². The van der Waals surface area contributed by atoms with Crippen LogP contribution < -0.4 is 0 Å². The Morgan fingerprint density at radius 1 is 1.06 bits per heavy atom. The van der Waals surface area contributed by atoms with E-state index in [9.17, 15) is 19.5 Å². The standard InChI is InChI=1S/C25H25NO5/c1-31-24(30)18(10-19-15-26-21-9-5-4-8-20(19)21)11-22(27)25(14-23(28)29)12-16-6-2-3-7-17(16)13-25/h2-9,15,18,26H,10-14H2,1H3,(H,28,29)/t18-/m1/s1. The van der Waals surface area contributed by atoms with Crippen molar-refractivity contribution in [2.45, 2.75) is 32.1 Å². The van der Waals surface area contributed by atoms with E-state index < -0.39 is 23.3 Å². The number of carboxylic acid groups (broad SMARTS) is 1. The predicted octanol–water partition coefficient (Wildman–Crippen LogP) is 3.72. The number of para-hydroxylation sites is 1. The maximum absolute atomic E-state index is 13.5. The minimum Gasteiger partial charge on any atom is -0.481 e. The van der Waals surface area contributed by atoms with E-state index in [0.717, 1.165) is 27.6 Å². The van der Waals surface area contributed by atoms with Gasteiger partial charge in [-0.2, -0.15) is 0 Å². The monoisotopic (exact) mass is 419 g/mol. The number of carbonyl (C=O) groups excluding carboxylic acids is 2. The van der Waals surface area contributed by atoms with Gasteiger partial charge in [0.25, 0.3) is 0 Å². The number of hydrogen-bond acceptors (Lipinski definition) is 4. The third-order valence-corrected chi connectivity index (χ3v) is 6.36. The molecule has 160 valence electrons. The van der Waals surface area contributed by atoms with Crippen molar-refractivity contribution in [2.24, 2.45) is 11.3 Å². The van der Waals surface area contributed by atoms with E-state index in [-0.39, 0.29) is 18.6 Å². The number of carboxylic acids is 1. The molecule has 6 nitrogen and oxygen atoms in total. The van der Waals surface area contributed by atoms with Crippen molar-refractivity contribution in [2.75, 3.05) is 7.11 Å². The van der Waals surface area contributed by atoms with Crippen LogP contribution in [0.25, 0.3) is 10.9 Å². The Bertz CT molecular complexity index is 1120. The van der Waals surface area contributed by atoms with Gasteiger partial charge in [-0.1, -0.05) is 42.5 Å². The smallest absolute Gasteiger partial charge is 0.309 e. The molecule has 1 aromatic heterocycles. The fourth-order valence-electron chi connectivity index (χ4n) is 4.82. The second-order valence-corrected chi connectivity index (χ2v) is 8.38. The number of ether oxygens (including phenoxy) is 1. The zero-order valence-corrected chi connectivity index (χ0v) is 17.4. The molecule has 0 bridgehead atoms. The number of aromatic nitrogens is 1. The Morgan fingerprint density at radius 3 is 2.35 bits per heavy atom. The maximum Gasteiger partial charge on any atom is 0.309 e. The van der Waals surface area contributed by atoms with Crippen LogP contribution in [-0.2, 0) is 38.4 Å². The van der Waals surface area contributed by atoms with Crippen LogP contribution in [0.5, 0.6) is 0 Å². The van der Waals surface area contributed by atoms with Gasteiger partial charge in [-0.25, -0.2) is 0 Å². The van der Waals surface area contributed by atoms with Crippen molar-refractivity contribution in [3.8, 4) is 0 Å². The summed E-state index contributed by atoms with van der Waals surface area (Å²) in [7, 11) is 1.31. The molecule has 0 radical (unpaired) electrons. The molecule has 0 spiro atoms. The average molecular weight is 419 g/mol. The van der Waals surface area contributed by atoms with Crippen LogP contribution in [0.4, 0.5) is 0 Å². The summed E-state index contributed by atoms with van der Waals surface area (Å²) in [5.74, 6) is -2.33. The summed E-state index contributed by atoms with van der Waals surface area (Å²) in [5, 5.41) is 10.5. The highest BCUT2D eigenvalue weighted by molar-refractivity contribution is 5.93. The lowest BCUT2D eigenvalue weighted by Gasteiger charge is -2.27. The van der Waals surface area contributed by atoms with Gasteiger partial charge in [-0.05, 0) is 42.0 Å². The van der Waals surface area contributed by atoms with Gasteiger partial charge in [-0.3, -0.25) is 14.4 Å². The first-order chi connectivity index (χ1) is 14.9. The van der Waals surface area contributed by atoms with Crippen LogP contribution in [0.3, 0.4) is 0 Å². The SMILES string of the molecule is COC(=O)[C@@H](CC(=O)C1(CC(=O)O)Cc2ccccc2C1)Cc1c[nH]c2ccccc12. The minimum atomic E-state index is -1.03. The molecule has 3 aromatic rings. The van der Waals surface area contributed by atoms with Gasteiger partial charge < -0.3 is 14.8 Å². The number of ketones is 1. The topological polar surface area (TPSA) is 96.5 Å². The van der Waals surface area contributed by atoms with Gasteiger partial charge in [-0.15, -0.1) is 0 Å². The molecular formula is C25H25NO5.